The zero-order chi connectivity index (χ0) is 10.9. The molecule has 1 saturated carbocycles. The van der Waals surface area contributed by atoms with E-state index in [0.29, 0.717) is 6.04 Å². The van der Waals surface area contributed by atoms with Crippen LogP contribution < -0.4 is 5.32 Å². The fourth-order valence-electron chi connectivity index (χ4n) is 2.48. The van der Waals surface area contributed by atoms with E-state index in [1.54, 1.807) is 0 Å². The molecule has 15 heavy (non-hydrogen) atoms. The van der Waals surface area contributed by atoms with E-state index in [9.17, 15) is 0 Å². The van der Waals surface area contributed by atoms with Gasteiger partial charge in [0.15, 0.2) is 0 Å². The van der Waals surface area contributed by atoms with Crippen molar-refractivity contribution in [3.05, 3.63) is 0 Å². The molecule has 0 spiro atoms. The van der Waals surface area contributed by atoms with E-state index in [1.807, 2.05) is 0 Å². The lowest BCUT2D eigenvalue weighted by molar-refractivity contribution is 0.144. The highest BCUT2D eigenvalue weighted by Crippen LogP contribution is 2.25. The monoisotopic (exact) mass is 213 g/mol. The fourth-order valence-corrected chi connectivity index (χ4v) is 2.48. The molecule has 1 aliphatic rings. The maximum Gasteiger partial charge on any atom is 0.0590 e. The Morgan fingerprint density at radius 2 is 1.87 bits per heavy atom. The molecule has 1 rings (SSSR count). The summed E-state index contributed by atoms with van der Waals surface area (Å²) in [5.74, 6) is 0.897. The summed E-state index contributed by atoms with van der Waals surface area (Å²) in [5.41, 5.74) is 0. The van der Waals surface area contributed by atoms with E-state index in [4.69, 9.17) is 4.74 Å². The Balaban J connectivity index is 2.11. The van der Waals surface area contributed by atoms with Gasteiger partial charge >= 0.3 is 0 Å². The summed E-state index contributed by atoms with van der Waals surface area (Å²) >= 11 is 0. The van der Waals surface area contributed by atoms with Gasteiger partial charge in [-0.05, 0) is 32.6 Å². The van der Waals surface area contributed by atoms with Gasteiger partial charge in [-0.15, -0.1) is 0 Å². The lowest BCUT2D eigenvalue weighted by Crippen LogP contribution is -2.35. The van der Waals surface area contributed by atoms with Crippen LogP contribution in [-0.2, 0) is 4.74 Å². The highest BCUT2D eigenvalue weighted by molar-refractivity contribution is 4.74. The van der Waals surface area contributed by atoms with Crippen LogP contribution in [0.1, 0.15) is 52.4 Å². The molecule has 0 amide bonds. The van der Waals surface area contributed by atoms with Crippen molar-refractivity contribution in [3.8, 4) is 0 Å². The van der Waals surface area contributed by atoms with Gasteiger partial charge in [0.25, 0.3) is 0 Å². The second-order valence-corrected chi connectivity index (χ2v) is 4.69. The molecule has 0 saturated heterocycles. The van der Waals surface area contributed by atoms with E-state index in [2.05, 4.69) is 19.2 Å². The van der Waals surface area contributed by atoms with Gasteiger partial charge in [0.05, 0.1) is 6.61 Å². The normalized spacial score (nSPS) is 21.2. The van der Waals surface area contributed by atoms with Crippen LogP contribution in [0.25, 0.3) is 0 Å². The molecule has 0 bridgehead atoms. The van der Waals surface area contributed by atoms with Gasteiger partial charge in [-0.1, -0.05) is 25.7 Å². The van der Waals surface area contributed by atoms with Crippen LogP contribution in [-0.4, -0.2) is 25.8 Å². The lowest BCUT2D eigenvalue weighted by Gasteiger charge is -2.23. The minimum Gasteiger partial charge on any atom is -0.380 e. The average Bonchev–Trinajstić information content (AvgIpc) is 2.52. The summed E-state index contributed by atoms with van der Waals surface area (Å²) in [7, 11) is 0. The van der Waals surface area contributed by atoms with Gasteiger partial charge in [0.2, 0.25) is 0 Å². The van der Waals surface area contributed by atoms with Crippen LogP contribution in [0.15, 0.2) is 0 Å². The maximum absolute atomic E-state index is 5.33. The van der Waals surface area contributed by atoms with Crippen molar-refractivity contribution in [2.45, 2.75) is 58.4 Å². The molecule has 0 radical (unpaired) electrons. The average molecular weight is 213 g/mol. The Morgan fingerprint density at radius 1 is 1.20 bits per heavy atom. The Kier molecular flexibility index (Phi) is 7.03. The molecule has 0 aromatic carbocycles. The predicted octanol–water partition coefficient (Wildman–Crippen LogP) is 2.97. The molecule has 0 aliphatic heterocycles. The molecule has 1 fully saturated rings. The second kappa shape index (κ2) is 8.12. The quantitative estimate of drug-likeness (QED) is 0.541. The molecule has 0 heterocycles. The van der Waals surface area contributed by atoms with E-state index in [0.717, 1.165) is 25.7 Å². The molecule has 1 N–H and O–H groups in total. The number of ether oxygens (including phenoxy) is 1. The van der Waals surface area contributed by atoms with E-state index >= 15 is 0 Å². The maximum atomic E-state index is 5.33. The lowest BCUT2D eigenvalue weighted by atomic mass is 9.93. The number of rotatable bonds is 6. The number of hydrogen-bond acceptors (Lipinski definition) is 2. The molecule has 90 valence electrons. The number of hydrogen-bond donors (Lipinski definition) is 1. The largest absolute Gasteiger partial charge is 0.380 e. The summed E-state index contributed by atoms with van der Waals surface area (Å²) in [6, 6.07) is 0.670. The molecule has 1 aliphatic carbocycles. The van der Waals surface area contributed by atoms with Gasteiger partial charge < -0.3 is 10.1 Å². The molecule has 1 atom stereocenters. The van der Waals surface area contributed by atoms with Crippen LogP contribution in [0.5, 0.6) is 0 Å². The van der Waals surface area contributed by atoms with Gasteiger partial charge in [-0.3, -0.25) is 0 Å². The van der Waals surface area contributed by atoms with Gasteiger partial charge in [-0.25, -0.2) is 0 Å². The van der Waals surface area contributed by atoms with Crippen molar-refractivity contribution in [2.24, 2.45) is 5.92 Å². The summed E-state index contributed by atoms with van der Waals surface area (Å²) in [6.07, 6.45) is 8.60. The topological polar surface area (TPSA) is 21.3 Å². The van der Waals surface area contributed by atoms with Crippen LogP contribution in [0, 0.1) is 5.92 Å². The van der Waals surface area contributed by atoms with Crippen molar-refractivity contribution in [2.75, 3.05) is 19.8 Å². The molecule has 2 heteroatoms. The molecule has 2 nitrogen and oxygen atoms in total. The highest BCUT2D eigenvalue weighted by Gasteiger charge is 2.17. The smallest absolute Gasteiger partial charge is 0.0590 e. The van der Waals surface area contributed by atoms with Crippen molar-refractivity contribution in [3.63, 3.8) is 0 Å². The van der Waals surface area contributed by atoms with Crippen LogP contribution in [0.4, 0.5) is 0 Å². The summed E-state index contributed by atoms with van der Waals surface area (Å²) in [6.45, 7) is 7.08. The molecular weight excluding hydrogens is 186 g/mol. The standard InChI is InChI=1S/C13H27NO/c1-3-15-11-10-14-12(2)13-8-6-4-5-7-9-13/h12-14H,3-11H2,1-2H3/t12-/m0/s1. The minimum absolute atomic E-state index is 0.670. The summed E-state index contributed by atoms with van der Waals surface area (Å²) in [4.78, 5) is 0. The zero-order valence-electron chi connectivity index (χ0n) is 10.4. The zero-order valence-corrected chi connectivity index (χ0v) is 10.4. The van der Waals surface area contributed by atoms with Gasteiger partial charge in [-0.2, -0.15) is 0 Å². The Morgan fingerprint density at radius 3 is 2.47 bits per heavy atom. The van der Waals surface area contributed by atoms with Crippen molar-refractivity contribution in [1.82, 2.24) is 5.32 Å². The summed E-state index contributed by atoms with van der Waals surface area (Å²) in [5, 5.41) is 3.59. The van der Waals surface area contributed by atoms with E-state index in [-0.39, 0.29) is 0 Å². The SMILES string of the molecule is CCOCCN[C@@H](C)C1CCCCCC1. The van der Waals surface area contributed by atoms with E-state index in [1.165, 1.54) is 38.5 Å². The van der Waals surface area contributed by atoms with E-state index < -0.39 is 0 Å². The molecule has 0 aromatic rings. The Labute approximate surface area is 94.8 Å². The third-order valence-corrected chi connectivity index (χ3v) is 3.52. The van der Waals surface area contributed by atoms with Crippen LogP contribution >= 0.6 is 0 Å². The first kappa shape index (κ1) is 13.0. The Bertz CT molecular complexity index is 141. The summed E-state index contributed by atoms with van der Waals surface area (Å²) < 4.78 is 5.33. The third-order valence-electron chi connectivity index (χ3n) is 3.52. The van der Waals surface area contributed by atoms with Crippen molar-refractivity contribution >= 4 is 0 Å². The Hall–Kier alpha value is -0.0800. The first-order chi connectivity index (χ1) is 7.34. The third kappa shape index (κ3) is 5.53. The van der Waals surface area contributed by atoms with Gasteiger partial charge in [0, 0.05) is 19.2 Å². The fraction of sp³-hybridized carbons (Fsp3) is 1.00. The molecular formula is C13H27NO. The molecule has 0 aromatic heterocycles. The molecule has 0 unspecified atom stereocenters. The highest BCUT2D eigenvalue weighted by atomic mass is 16.5. The first-order valence-corrected chi connectivity index (χ1v) is 6.65. The number of nitrogens with one attached hydrogen (secondary N) is 1. The second-order valence-electron chi connectivity index (χ2n) is 4.69. The predicted molar refractivity (Wildman–Crippen MR) is 65.1 cm³/mol. The van der Waals surface area contributed by atoms with Crippen molar-refractivity contribution < 1.29 is 4.74 Å². The minimum atomic E-state index is 0.670. The van der Waals surface area contributed by atoms with Crippen molar-refractivity contribution in [1.29, 1.82) is 0 Å². The van der Waals surface area contributed by atoms with Gasteiger partial charge in [0.1, 0.15) is 0 Å². The first-order valence-electron chi connectivity index (χ1n) is 6.65. The van der Waals surface area contributed by atoms with Crippen LogP contribution in [0.3, 0.4) is 0 Å². The van der Waals surface area contributed by atoms with Crippen LogP contribution in [0.2, 0.25) is 0 Å².